The Bertz CT molecular complexity index is 449. The fourth-order valence-corrected chi connectivity index (χ4v) is 2.58. The molecule has 0 radical (unpaired) electrons. The fraction of sp³-hybridized carbons (Fsp3) is 0.385. The van der Waals surface area contributed by atoms with Gasteiger partial charge in [0.1, 0.15) is 18.1 Å². The highest BCUT2D eigenvalue weighted by Crippen LogP contribution is 2.40. The highest BCUT2D eigenvalue weighted by atomic mass is 79.9. The number of halogens is 1. The largest absolute Gasteiger partial charge is 0.490 e. The van der Waals surface area contributed by atoms with Gasteiger partial charge in [0.25, 0.3) is 0 Å². The van der Waals surface area contributed by atoms with Crippen LogP contribution >= 0.6 is 15.9 Å². The van der Waals surface area contributed by atoms with Crippen molar-refractivity contribution in [3.05, 3.63) is 29.8 Å². The third-order valence-electron chi connectivity index (χ3n) is 2.92. The summed E-state index contributed by atoms with van der Waals surface area (Å²) in [4.78, 5) is 21.9. The summed E-state index contributed by atoms with van der Waals surface area (Å²) < 4.78 is 9.87. The first-order valence-corrected chi connectivity index (χ1v) is 6.36. The Morgan fingerprint density at radius 3 is 2.50 bits per heavy atom. The molecule has 0 bridgehead atoms. The summed E-state index contributed by atoms with van der Waals surface area (Å²) in [6.45, 7) is 0. The standard InChI is InChI=1S/C13H13BrO4/c1-17-12(16)9-2-4-10(5-3-9)18-11-6-13(14,7-11)8-15/h2-5,8,11H,6-7H2,1H3. The Hall–Kier alpha value is -1.36. The Balaban J connectivity index is 1.92. The van der Waals surface area contributed by atoms with Crippen molar-refractivity contribution in [1.29, 1.82) is 0 Å². The average Bonchev–Trinajstić information content (AvgIpc) is 2.36. The molecule has 0 aliphatic heterocycles. The van der Waals surface area contributed by atoms with Crippen LogP contribution in [0.25, 0.3) is 0 Å². The molecule has 0 unspecified atom stereocenters. The second kappa shape index (κ2) is 5.10. The molecule has 0 aromatic heterocycles. The molecule has 0 saturated heterocycles. The van der Waals surface area contributed by atoms with Crippen molar-refractivity contribution >= 4 is 28.2 Å². The van der Waals surface area contributed by atoms with Crippen LogP contribution in [0.4, 0.5) is 0 Å². The lowest BCUT2D eigenvalue weighted by Crippen LogP contribution is -2.46. The minimum atomic E-state index is -0.413. The predicted octanol–water partition coefficient (Wildman–Crippen LogP) is 2.35. The maximum absolute atomic E-state index is 11.2. The van der Waals surface area contributed by atoms with Gasteiger partial charge in [0.15, 0.2) is 0 Å². The van der Waals surface area contributed by atoms with E-state index in [0.29, 0.717) is 24.2 Å². The zero-order chi connectivity index (χ0) is 13.2. The van der Waals surface area contributed by atoms with Gasteiger partial charge >= 0.3 is 5.97 Å². The van der Waals surface area contributed by atoms with Gasteiger partial charge in [-0.25, -0.2) is 4.79 Å². The van der Waals surface area contributed by atoms with E-state index in [1.165, 1.54) is 7.11 Å². The summed E-state index contributed by atoms with van der Waals surface area (Å²) >= 11 is 3.35. The molecule has 0 amide bonds. The van der Waals surface area contributed by atoms with Gasteiger partial charge in [-0.2, -0.15) is 0 Å². The van der Waals surface area contributed by atoms with E-state index in [4.69, 9.17) is 4.74 Å². The summed E-state index contributed by atoms with van der Waals surface area (Å²) in [6, 6.07) is 6.75. The third-order valence-corrected chi connectivity index (χ3v) is 3.76. The number of alkyl halides is 1. The normalized spacial score (nSPS) is 26.0. The van der Waals surface area contributed by atoms with E-state index in [-0.39, 0.29) is 12.1 Å². The summed E-state index contributed by atoms with van der Waals surface area (Å²) in [5.41, 5.74) is 0.487. The molecule has 1 aliphatic rings. The summed E-state index contributed by atoms with van der Waals surface area (Å²) in [7, 11) is 1.34. The molecule has 18 heavy (non-hydrogen) atoms. The Morgan fingerprint density at radius 2 is 2.00 bits per heavy atom. The number of benzene rings is 1. The molecular formula is C13H13BrO4. The monoisotopic (exact) mass is 312 g/mol. The molecular weight excluding hydrogens is 300 g/mol. The number of aldehydes is 1. The predicted molar refractivity (Wildman–Crippen MR) is 69.2 cm³/mol. The number of ether oxygens (including phenoxy) is 2. The lowest BCUT2D eigenvalue weighted by Gasteiger charge is -2.38. The Kier molecular flexibility index (Phi) is 3.71. The smallest absolute Gasteiger partial charge is 0.337 e. The van der Waals surface area contributed by atoms with E-state index in [9.17, 15) is 9.59 Å². The molecule has 2 rings (SSSR count). The molecule has 0 N–H and O–H groups in total. The van der Waals surface area contributed by atoms with Gasteiger partial charge in [0.2, 0.25) is 0 Å². The fourth-order valence-electron chi connectivity index (χ4n) is 1.86. The zero-order valence-electron chi connectivity index (χ0n) is 9.89. The van der Waals surface area contributed by atoms with Gasteiger partial charge < -0.3 is 14.3 Å². The van der Waals surface area contributed by atoms with Crippen molar-refractivity contribution in [1.82, 2.24) is 0 Å². The zero-order valence-corrected chi connectivity index (χ0v) is 11.5. The van der Waals surface area contributed by atoms with Gasteiger partial charge in [-0.3, -0.25) is 0 Å². The summed E-state index contributed by atoms with van der Waals surface area (Å²) in [5.74, 6) is 0.318. The van der Waals surface area contributed by atoms with Crippen molar-refractivity contribution < 1.29 is 19.1 Å². The average molecular weight is 313 g/mol. The number of hydrogen-bond donors (Lipinski definition) is 0. The van der Waals surface area contributed by atoms with Gasteiger partial charge in [-0.1, -0.05) is 15.9 Å². The first-order chi connectivity index (χ1) is 8.56. The van der Waals surface area contributed by atoms with E-state index >= 15 is 0 Å². The van der Waals surface area contributed by atoms with Crippen LogP contribution in [-0.2, 0) is 9.53 Å². The lowest BCUT2D eigenvalue weighted by atomic mass is 9.83. The summed E-state index contributed by atoms with van der Waals surface area (Å²) in [6.07, 6.45) is 2.27. The van der Waals surface area contributed by atoms with E-state index in [0.717, 1.165) is 6.29 Å². The van der Waals surface area contributed by atoms with Crippen molar-refractivity contribution in [2.75, 3.05) is 7.11 Å². The molecule has 4 nitrogen and oxygen atoms in total. The van der Waals surface area contributed by atoms with Crippen LogP contribution in [0.2, 0.25) is 0 Å². The van der Waals surface area contributed by atoms with Crippen LogP contribution in [0.15, 0.2) is 24.3 Å². The SMILES string of the molecule is COC(=O)c1ccc(OC2CC(Br)(C=O)C2)cc1. The van der Waals surface area contributed by atoms with Crippen LogP contribution < -0.4 is 4.74 Å². The molecule has 1 aliphatic carbocycles. The molecule has 1 aromatic rings. The second-order valence-corrected chi connectivity index (χ2v) is 5.90. The van der Waals surface area contributed by atoms with E-state index in [1.807, 2.05) is 0 Å². The minimum Gasteiger partial charge on any atom is -0.490 e. The molecule has 5 heteroatoms. The van der Waals surface area contributed by atoms with Crippen molar-refractivity contribution in [3.8, 4) is 5.75 Å². The van der Waals surface area contributed by atoms with Crippen LogP contribution in [0.5, 0.6) is 5.75 Å². The minimum absolute atomic E-state index is 0.0403. The topological polar surface area (TPSA) is 52.6 Å². The van der Waals surface area contributed by atoms with Gasteiger partial charge in [-0.05, 0) is 24.3 Å². The quantitative estimate of drug-likeness (QED) is 0.486. The van der Waals surface area contributed by atoms with E-state index < -0.39 is 4.32 Å². The molecule has 0 heterocycles. The van der Waals surface area contributed by atoms with E-state index in [1.54, 1.807) is 24.3 Å². The van der Waals surface area contributed by atoms with Crippen molar-refractivity contribution in [2.45, 2.75) is 23.3 Å². The molecule has 1 fully saturated rings. The van der Waals surface area contributed by atoms with Gasteiger partial charge in [0, 0.05) is 12.8 Å². The first kappa shape index (κ1) is 13.1. The number of carbonyl (C=O) groups is 2. The number of hydrogen-bond acceptors (Lipinski definition) is 4. The van der Waals surface area contributed by atoms with Crippen LogP contribution in [0, 0.1) is 0 Å². The number of esters is 1. The maximum Gasteiger partial charge on any atom is 0.337 e. The Labute approximate surface area is 113 Å². The van der Waals surface area contributed by atoms with E-state index in [2.05, 4.69) is 20.7 Å². The summed E-state index contributed by atoms with van der Waals surface area (Å²) in [5, 5.41) is 0. The number of rotatable bonds is 4. The number of carbonyl (C=O) groups excluding carboxylic acids is 2. The van der Waals surface area contributed by atoms with Crippen molar-refractivity contribution in [2.24, 2.45) is 0 Å². The third kappa shape index (κ3) is 2.72. The molecule has 96 valence electrons. The lowest BCUT2D eigenvalue weighted by molar-refractivity contribution is -0.113. The molecule has 1 saturated carbocycles. The maximum atomic E-state index is 11.2. The first-order valence-electron chi connectivity index (χ1n) is 5.56. The van der Waals surface area contributed by atoms with Crippen LogP contribution in [0.3, 0.4) is 0 Å². The highest BCUT2D eigenvalue weighted by molar-refractivity contribution is 9.10. The van der Waals surface area contributed by atoms with Crippen LogP contribution in [-0.4, -0.2) is 29.8 Å². The number of methoxy groups -OCH3 is 1. The van der Waals surface area contributed by atoms with Crippen molar-refractivity contribution in [3.63, 3.8) is 0 Å². The van der Waals surface area contributed by atoms with Gasteiger partial charge in [0.05, 0.1) is 17.0 Å². The molecule has 0 atom stereocenters. The Morgan fingerprint density at radius 1 is 1.39 bits per heavy atom. The molecule has 0 spiro atoms. The molecule has 1 aromatic carbocycles. The highest BCUT2D eigenvalue weighted by Gasteiger charge is 2.43. The van der Waals surface area contributed by atoms with Crippen LogP contribution in [0.1, 0.15) is 23.2 Å². The van der Waals surface area contributed by atoms with Gasteiger partial charge in [-0.15, -0.1) is 0 Å². The second-order valence-electron chi connectivity index (χ2n) is 4.32.